The molecule has 0 amide bonds. The number of hydrogen-bond donors (Lipinski definition) is 0. The Labute approximate surface area is 157 Å². The minimum Gasteiger partial charge on any atom is -0.495 e. The highest BCUT2D eigenvalue weighted by atomic mass is 32.2. The van der Waals surface area contributed by atoms with Gasteiger partial charge < -0.3 is 14.2 Å². The quantitative estimate of drug-likeness (QED) is 0.668. The first-order valence-corrected chi connectivity index (χ1v) is 9.26. The summed E-state index contributed by atoms with van der Waals surface area (Å²) < 4.78 is 55.9. The van der Waals surface area contributed by atoms with Gasteiger partial charge in [-0.05, 0) is 42.8 Å². The zero-order valence-corrected chi connectivity index (χ0v) is 16.2. The van der Waals surface area contributed by atoms with Gasteiger partial charge >= 0.3 is 5.97 Å². The maximum absolute atomic E-state index is 14.1. The number of halogens is 1. The third kappa shape index (κ3) is 4.30. The van der Waals surface area contributed by atoms with Crippen LogP contribution in [0.15, 0.2) is 41.3 Å². The number of esters is 1. The van der Waals surface area contributed by atoms with Crippen LogP contribution in [-0.4, -0.2) is 42.3 Å². The molecule has 0 fully saturated rings. The number of nitrogens with zero attached hydrogens (tertiary/aromatic N) is 1. The number of hydrogen-bond acceptors (Lipinski definition) is 6. The molecule has 9 heteroatoms. The van der Waals surface area contributed by atoms with Crippen LogP contribution in [0.5, 0.6) is 11.5 Å². The molecule has 0 aliphatic carbocycles. The van der Waals surface area contributed by atoms with E-state index in [0.29, 0.717) is 0 Å². The summed E-state index contributed by atoms with van der Waals surface area (Å²) in [6, 6.07) is 8.10. The SMILES string of the molecule is COC(=O)CN(c1cc(C)ccc1OC)S(=O)(=O)c1ccc(OC)c(F)c1. The zero-order chi connectivity index (χ0) is 20.2. The molecule has 0 N–H and O–H groups in total. The standard InChI is InChI=1S/C18H20FNO6S/c1-12-5-7-17(25-3)15(9-12)20(11-18(21)26-4)27(22,23)13-6-8-16(24-2)14(19)10-13/h5-10H,11H2,1-4H3. The van der Waals surface area contributed by atoms with Gasteiger partial charge in [0.05, 0.1) is 31.9 Å². The Morgan fingerprint density at radius 2 is 1.67 bits per heavy atom. The van der Waals surface area contributed by atoms with E-state index in [1.165, 1.54) is 26.4 Å². The van der Waals surface area contributed by atoms with Crippen LogP contribution in [0.2, 0.25) is 0 Å². The molecular formula is C18H20FNO6S. The molecule has 0 unspecified atom stereocenters. The Bertz CT molecular complexity index is 945. The van der Waals surface area contributed by atoms with Crippen molar-refractivity contribution in [2.24, 2.45) is 0 Å². The van der Waals surface area contributed by atoms with E-state index in [1.807, 2.05) is 0 Å². The summed E-state index contributed by atoms with van der Waals surface area (Å²) in [6.07, 6.45) is 0. The van der Waals surface area contributed by atoms with Crippen molar-refractivity contribution in [3.05, 3.63) is 47.8 Å². The predicted octanol–water partition coefficient (Wildman–Crippen LogP) is 2.52. The molecule has 0 aliphatic heterocycles. The predicted molar refractivity (Wildman–Crippen MR) is 97.2 cm³/mol. The highest BCUT2D eigenvalue weighted by Gasteiger charge is 2.30. The van der Waals surface area contributed by atoms with Crippen molar-refractivity contribution in [2.45, 2.75) is 11.8 Å². The summed E-state index contributed by atoms with van der Waals surface area (Å²) >= 11 is 0. The molecule has 0 saturated heterocycles. The van der Waals surface area contributed by atoms with Gasteiger partial charge in [-0.15, -0.1) is 0 Å². The number of carbonyl (C=O) groups is 1. The molecule has 0 saturated carbocycles. The first-order valence-electron chi connectivity index (χ1n) is 7.82. The third-order valence-electron chi connectivity index (χ3n) is 3.81. The molecule has 0 aromatic heterocycles. The van der Waals surface area contributed by atoms with Crippen molar-refractivity contribution in [1.82, 2.24) is 0 Å². The van der Waals surface area contributed by atoms with Gasteiger partial charge in [0.1, 0.15) is 12.3 Å². The van der Waals surface area contributed by atoms with Gasteiger partial charge in [-0.2, -0.15) is 0 Å². The van der Waals surface area contributed by atoms with E-state index in [1.54, 1.807) is 25.1 Å². The van der Waals surface area contributed by atoms with E-state index in [9.17, 15) is 17.6 Å². The van der Waals surface area contributed by atoms with Gasteiger partial charge in [-0.3, -0.25) is 9.10 Å². The number of anilines is 1. The molecule has 7 nitrogen and oxygen atoms in total. The lowest BCUT2D eigenvalue weighted by Gasteiger charge is -2.25. The van der Waals surface area contributed by atoms with E-state index >= 15 is 0 Å². The molecule has 27 heavy (non-hydrogen) atoms. The van der Waals surface area contributed by atoms with E-state index < -0.39 is 28.4 Å². The second kappa shape index (κ2) is 8.26. The Morgan fingerprint density at radius 1 is 1.04 bits per heavy atom. The Kier molecular flexibility index (Phi) is 6.27. The molecule has 0 radical (unpaired) electrons. The fourth-order valence-electron chi connectivity index (χ4n) is 2.41. The van der Waals surface area contributed by atoms with Gasteiger partial charge in [-0.1, -0.05) is 6.07 Å². The molecule has 0 heterocycles. The van der Waals surface area contributed by atoms with Gasteiger partial charge in [0.25, 0.3) is 10.0 Å². The summed E-state index contributed by atoms with van der Waals surface area (Å²) in [5.74, 6) is -1.48. The largest absolute Gasteiger partial charge is 0.495 e. The number of carbonyl (C=O) groups excluding carboxylic acids is 1. The fourth-order valence-corrected chi connectivity index (χ4v) is 3.84. The Hall–Kier alpha value is -2.81. The summed E-state index contributed by atoms with van der Waals surface area (Å²) in [4.78, 5) is 11.5. The molecule has 0 aliphatic rings. The number of rotatable bonds is 7. The van der Waals surface area contributed by atoms with Crippen molar-refractivity contribution >= 4 is 21.7 Å². The fraction of sp³-hybridized carbons (Fsp3) is 0.278. The van der Waals surface area contributed by atoms with Crippen LogP contribution in [0.3, 0.4) is 0 Å². The van der Waals surface area contributed by atoms with E-state index in [-0.39, 0.29) is 22.1 Å². The number of benzene rings is 2. The Balaban J connectivity index is 2.65. The van der Waals surface area contributed by atoms with E-state index in [0.717, 1.165) is 23.0 Å². The summed E-state index contributed by atoms with van der Waals surface area (Å²) in [7, 11) is -0.502. The van der Waals surface area contributed by atoms with Crippen LogP contribution in [0.1, 0.15) is 5.56 Å². The highest BCUT2D eigenvalue weighted by Crippen LogP contribution is 2.34. The molecular weight excluding hydrogens is 377 g/mol. The smallest absolute Gasteiger partial charge is 0.326 e. The van der Waals surface area contributed by atoms with E-state index in [2.05, 4.69) is 4.74 Å². The Morgan fingerprint density at radius 3 is 2.22 bits per heavy atom. The van der Waals surface area contributed by atoms with Gasteiger partial charge in [0.2, 0.25) is 0 Å². The number of sulfonamides is 1. The molecule has 0 bridgehead atoms. The number of aryl methyl sites for hydroxylation is 1. The van der Waals surface area contributed by atoms with Crippen molar-refractivity contribution in [1.29, 1.82) is 0 Å². The average molecular weight is 397 g/mol. The van der Waals surface area contributed by atoms with Crippen molar-refractivity contribution in [2.75, 3.05) is 32.2 Å². The topological polar surface area (TPSA) is 82.1 Å². The second-order valence-corrected chi connectivity index (χ2v) is 7.42. The zero-order valence-electron chi connectivity index (χ0n) is 15.4. The van der Waals surface area contributed by atoms with Crippen molar-refractivity contribution in [3.8, 4) is 11.5 Å². The molecule has 0 spiro atoms. The lowest BCUT2D eigenvalue weighted by molar-refractivity contribution is -0.138. The molecule has 2 aromatic carbocycles. The normalized spacial score (nSPS) is 11.0. The minimum atomic E-state index is -4.30. The maximum atomic E-state index is 14.1. The van der Waals surface area contributed by atoms with E-state index in [4.69, 9.17) is 9.47 Å². The van der Waals surface area contributed by atoms with Crippen LogP contribution in [0.25, 0.3) is 0 Å². The molecule has 146 valence electrons. The average Bonchev–Trinajstić information content (AvgIpc) is 2.65. The number of methoxy groups -OCH3 is 3. The van der Waals surface area contributed by atoms with Gasteiger partial charge in [0, 0.05) is 0 Å². The van der Waals surface area contributed by atoms with Crippen LogP contribution < -0.4 is 13.8 Å². The number of ether oxygens (including phenoxy) is 3. The first-order chi connectivity index (χ1) is 12.7. The summed E-state index contributed by atoms with van der Waals surface area (Å²) in [5, 5.41) is 0. The first kappa shape index (κ1) is 20.5. The van der Waals surface area contributed by atoms with Gasteiger partial charge in [-0.25, -0.2) is 12.8 Å². The molecule has 2 rings (SSSR count). The minimum absolute atomic E-state index is 0.0957. The van der Waals surface area contributed by atoms with Crippen LogP contribution in [0.4, 0.5) is 10.1 Å². The summed E-state index contributed by atoms with van der Waals surface area (Å²) in [6.45, 7) is 1.16. The maximum Gasteiger partial charge on any atom is 0.326 e. The monoisotopic (exact) mass is 397 g/mol. The van der Waals surface area contributed by atoms with Crippen molar-refractivity contribution < 1.29 is 31.8 Å². The third-order valence-corrected chi connectivity index (χ3v) is 5.57. The lowest BCUT2D eigenvalue weighted by atomic mass is 10.2. The van der Waals surface area contributed by atoms with Crippen LogP contribution >= 0.6 is 0 Å². The van der Waals surface area contributed by atoms with Gasteiger partial charge in [0.15, 0.2) is 11.6 Å². The lowest BCUT2D eigenvalue weighted by Crippen LogP contribution is -2.36. The van der Waals surface area contributed by atoms with Crippen LogP contribution in [0, 0.1) is 12.7 Å². The molecule has 0 atom stereocenters. The molecule has 2 aromatic rings. The highest BCUT2D eigenvalue weighted by molar-refractivity contribution is 7.92. The summed E-state index contributed by atoms with van der Waals surface area (Å²) in [5.41, 5.74) is 0.885. The second-order valence-electron chi connectivity index (χ2n) is 5.56. The van der Waals surface area contributed by atoms with Crippen molar-refractivity contribution in [3.63, 3.8) is 0 Å². The van der Waals surface area contributed by atoms with Crippen LogP contribution in [-0.2, 0) is 19.6 Å².